The molecule has 0 aromatic rings. The van der Waals surface area contributed by atoms with Crippen LogP contribution in [-0.2, 0) is 99.3 Å². The number of carbonyl (C=O) groups excluding carboxylic acids is 2. The van der Waals surface area contributed by atoms with Crippen LogP contribution in [0.4, 0.5) is 0 Å². The summed E-state index contributed by atoms with van der Waals surface area (Å²) in [6.07, 6.45) is -96.7. The smallest absolute Gasteiger partial charge is 0.469 e. The van der Waals surface area contributed by atoms with Gasteiger partial charge in [-0.25, -0.2) is 14.2 Å². The number of aliphatic carboxylic acids is 2. The second-order valence-corrected chi connectivity index (χ2v) is 27.6. The Hall–Kier alpha value is -3.53. The van der Waals surface area contributed by atoms with Gasteiger partial charge in [-0.2, -0.15) is 0 Å². The Morgan fingerprint density at radius 2 is 0.860 bits per heavy atom. The van der Waals surface area contributed by atoms with Crippen molar-refractivity contribution in [2.45, 2.75) is 284 Å². The topological polar surface area (TPSA) is 803 Å². The second kappa shape index (κ2) is 37.2. The molecule has 0 spiro atoms. The lowest BCUT2D eigenvalue weighted by Gasteiger charge is -2.54. The summed E-state index contributed by atoms with van der Waals surface area (Å²) >= 11 is 0. The van der Waals surface area contributed by atoms with E-state index in [1.165, 1.54) is 6.92 Å². The summed E-state index contributed by atoms with van der Waals surface area (Å²) in [5.41, 5.74) is 0. The number of amides is 2. The van der Waals surface area contributed by atoms with E-state index in [-0.39, 0.29) is 0 Å². The van der Waals surface area contributed by atoms with E-state index in [0.717, 1.165) is 13.8 Å². The number of rotatable bonds is 29. The maximum absolute atomic E-state index is 13.0. The number of carboxylic acid groups (broad SMARTS) is 2. The molecule has 107 heavy (non-hydrogen) atoms. The fourth-order valence-corrected chi connectivity index (χ4v) is 13.8. The highest BCUT2D eigenvalue weighted by Crippen LogP contribution is 2.47. The SMILES string of the molecule is CC(=O)N[C@H]1[C@H](O[C@H]2[C@@H](O)[C@@H](CO)O[C@@H](O[C@H]3[C@H](O)[C@@H](O)[C@H](O[C@H]4[C@H](O[C@H]5O[C@H]([C@@H](O)CO)[C@@H](O)[C@H](O)[C@@H]5O[C@@H]5O[C@H](CO)[C@H](O)[C@H](O)[C@H]5O)[C@H](O[C@@H]5O[C@H](C(=O)O)[C@@H](O)[C@H](O)[C@H]5O)[C@@H](O[C@H]5[C@@H]([C@H](O)CO)O[C@@](O)(C(=O)O)C[C@H]5OP(=O)(O)O)O[C@@H]4[C@@H](O)CO)O[C@@H]3CO)[C@@H]2NC(C)=O)O[C@H](C)[C@@H](O)[C@@H]1O. The third-order valence-electron chi connectivity index (χ3n) is 18.9. The van der Waals surface area contributed by atoms with Gasteiger partial charge in [-0.3, -0.25) is 14.1 Å². The monoisotopic (exact) mass is 1590 g/mol. The lowest BCUT2D eigenvalue weighted by Crippen LogP contribution is -2.72. The molecule has 620 valence electrons. The van der Waals surface area contributed by atoms with Crippen molar-refractivity contribution in [3.8, 4) is 0 Å². The van der Waals surface area contributed by atoms with E-state index in [1.54, 1.807) is 0 Å². The fourth-order valence-electron chi connectivity index (χ4n) is 13.3. The van der Waals surface area contributed by atoms with Crippen molar-refractivity contribution < 1.29 is 237 Å². The van der Waals surface area contributed by atoms with Crippen molar-refractivity contribution >= 4 is 31.6 Å². The minimum Gasteiger partial charge on any atom is -0.479 e. The van der Waals surface area contributed by atoms with Gasteiger partial charge in [-0.1, -0.05) is 0 Å². The van der Waals surface area contributed by atoms with Gasteiger partial charge in [0.05, 0.1) is 45.7 Å². The molecule has 0 saturated carbocycles. The lowest BCUT2D eigenvalue weighted by atomic mass is 9.91. The predicted octanol–water partition coefficient (Wildman–Crippen LogP) is -18.4. The number of nitrogens with one attached hydrogen (secondary N) is 2. The van der Waals surface area contributed by atoms with Gasteiger partial charge in [0, 0.05) is 20.3 Å². The molecule has 8 fully saturated rings. The number of ether oxygens (including phenoxy) is 15. The van der Waals surface area contributed by atoms with Crippen LogP contribution in [0.25, 0.3) is 0 Å². The lowest BCUT2D eigenvalue weighted by molar-refractivity contribution is -0.429. The van der Waals surface area contributed by atoms with E-state index >= 15 is 0 Å². The zero-order valence-corrected chi connectivity index (χ0v) is 57.1. The Morgan fingerprint density at radius 1 is 0.430 bits per heavy atom. The van der Waals surface area contributed by atoms with Crippen LogP contribution < -0.4 is 10.6 Å². The van der Waals surface area contributed by atoms with Crippen LogP contribution in [-0.4, -0.2) is 458 Å². The van der Waals surface area contributed by atoms with Crippen molar-refractivity contribution in [1.29, 1.82) is 0 Å². The zero-order valence-electron chi connectivity index (χ0n) is 56.2. The molecule has 0 aliphatic carbocycles. The highest BCUT2D eigenvalue weighted by molar-refractivity contribution is 7.46. The minimum atomic E-state index is -6.08. The quantitative estimate of drug-likeness (QED) is 0.0309. The van der Waals surface area contributed by atoms with Gasteiger partial charge in [0.15, 0.2) is 50.1 Å². The number of hydrogen-bond donors (Lipinski definition) is 29. The molecule has 2 amide bonds. The average Bonchev–Trinajstić information content (AvgIpc) is 0.749. The third kappa shape index (κ3) is 19.6. The highest BCUT2D eigenvalue weighted by atomic mass is 31.2. The third-order valence-corrected chi connectivity index (χ3v) is 19.4. The van der Waals surface area contributed by atoms with E-state index in [4.69, 9.17) is 75.6 Å². The zero-order chi connectivity index (χ0) is 79.7. The van der Waals surface area contributed by atoms with Crippen molar-refractivity contribution in [2.75, 3.05) is 39.6 Å². The molecular formula is C56H93N2O48P. The molecule has 51 heteroatoms. The molecule has 8 rings (SSSR count). The molecule has 0 aromatic heterocycles. The highest BCUT2D eigenvalue weighted by Gasteiger charge is 2.64. The number of hydrogen-bond acceptors (Lipinski definition) is 44. The summed E-state index contributed by atoms with van der Waals surface area (Å²) in [6, 6.07) is -3.53. The second-order valence-electron chi connectivity index (χ2n) is 26.4. The molecule has 8 aliphatic rings. The first-order valence-electron chi connectivity index (χ1n) is 33.0. The summed E-state index contributed by atoms with van der Waals surface area (Å²) in [4.78, 5) is 71.0. The Kier molecular flexibility index (Phi) is 30.9. The van der Waals surface area contributed by atoms with Gasteiger partial charge in [0.2, 0.25) is 11.8 Å². The number of carbonyl (C=O) groups is 4. The van der Waals surface area contributed by atoms with Gasteiger partial charge in [-0.15, -0.1) is 0 Å². The summed E-state index contributed by atoms with van der Waals surface area (Å²) in [5.74, 6) is -9.94. The molecule has 0 bridgehead atoms. The summed E-state index contributed by atoms with van der Waals surface area (Å²) in [7, 11) is -6.08. The first-order valence-corrected chi connectivity index (χ1v) is 34.5. The first kappa shape index (κ1) is 89.0. The number of aliphatic hydroxyl groups is 23. The standard InChI is InChI=1S/C56H93N2O48P/c1-11-23(70)26(73)21(57-12(2)65)48(91-11)99-41-22(58-13(3)66)49(92-19(9-63)25(41)72)97-39-20(10-64)94-51(35(82)32(39)79)102-44-37(15(68)6-60)96-54(98-40-17(106-107(88,89)90)4-56(87,55(85)86)105-38(40)16(69)7-61)46(104-52-34(81)28(75)29(76)42(100-52)47(83)84)45(44)103-53-43(31(78)30(77)36(95-53)14(67)5-59)101-50-33(80)27(74)24(71)18(8-62)93-50/h11,14-46,48-54,59-64,67-82,87H,4-10H2,1-3H3,(H,57,65)(H,58,66)(H,83,84)(H,85,86)(H2,88,89,90)/t11-,14+,15+,16-,17-,18-,19-,20-,21-,22-,23-,24+,25+,26-,27+,28+,29+,30+,31+,32-,33-,34-,35-,36-,37-,38-,39-,40-,41-,42+,43+,44-,45+,46+,48+,49+,50+,51+,52+,53-,54-,56-/m1/s1. The van der Waals surface area contributed by atoms with Crippen LogP contribution in [0.3, 0.4) is 0 Å². The fraction of sp³-hybridized carbons (Fsp3) is 0.929. The van der Waals surface area contributed by atoms with Crippen LogP contribution in [0.2, 0.25) is 0 Å². The minimum absolute atomic E-state index is 0.805. The molecule has 50 nitrogen and oxygen atoms in total. The maximum Gasteiger partial charge on any atom is 0.469 e. The van der Waals surface area contributed by atoms with E-state index in [2.05, 4.69) is 10.6 Å². The Labute approximate surface area is 601 Å². The molecule has 8 saturated heterocycles. The van der Waals surface area contributed by atoms with Crippen LogP contribution in [0.1, 0.15) is 27.2 Å². The molecule has 29 N–H and O–H groups in total. The van der Waals surface area contributed by atoms with Crippen molar-refractivity contribution in [3.63, 3.8) is 0 Å². The molecule has 42 atom stereocenters. The number of phosphoric ester groups is 1. The molecule has 8 aliphatic heterocycles. The van der Waals surface area contributed by atoms with Crippen LogP contribution in [0.15, 0.2) is 0 Å². The maximum atomic E-state index is 13.0. The summed E-state index contributed by atoms with van der Waals surface area (Å²) in [5, 5.41) is 282. The van der Waals surface area contributed by atoms with E-state index in [0.29, 0.717) is 0 Å². The van der Waals surface area contributed by atoms with E-state index in [1.807, 2.05) is 0 Å². The van der Waals surface area contributed by atoms with Crippen LogP contribution >= 0.6 is 7.82 Å². The van der Waals surface area contributed by atoms with Gasteiger partial charge >= 0.3 is 19.8 Å². The van der Waals surface area contributed by atoms with Crippen molar-refractivity contribution in [1.82, 2.24) is 10.6 Å². The van der Waals surface area contributed by atoms with Crippen molar-refractivity contribution in [3.05, 3.63) is 0 Å². The van der Waals surface area contributed by atoms with Gasteiger partial charge in [0.25, 0.3) is 5.79 Å². The largest absolute Gasteiger partial charge is 0.479 e. The molecule has 0 unspecified atom stereocenters. The summed E-state index contributed by atoms with van der Waals surface area (Å²) in [6.45, 7) is -5.01. The molecule has 0 radical (unpaired) electrons. The van der Waals surface area contributed by atoms with E-state index in [9.17, 15) is 161 Å². The first-order chi connectivity index (χ1) is 50.1. The normalized spacial score (nSPS) is 47.4. The van der Waals surface area contributed by atoms with Crippen molar-refractivity contribution in [2.24, 2.45) is 0 Å². The number of aliphatic hydroxyl groups excluding tert-OH is 22. The Balaban J connectivity index is 1.29. The number of carboxylic acids is 2. The predicted molar refractivity (Wildman–Crippen MR) is 321 cm³/mol. The molecular weight excluding hydrogens is 1500 g/mol. The molecule has 0 aromatic carbocycles. The summed E-state index contributed by atoms with van der Waals surface area (Å²) < 4.78 is 106. The van der Waals surface area contributed by atoms with Gasteiger partial charge < -0.3 is 219 Å². The van der Waals surface area contributed by atoms with Crippen LogP contribution in [0, 0.1) is 0 Å². The average molecular weight is 1590 g/mol. The van der Waals surface area contributed by atoms with E-state index < -0.39 is 335 Å². The molecule has 8 heterocycles. The van der Waals surface area contributed by atoms with Gasteiger partial charge in [0.1, 0.15) is 195 Å². The number of phosphoric acid groups is 1. The van der Waals surface area contributed by atoms with Gasteiger partial charge in [-0.05, 0) is 6.92 Å². The Morgan fingerprint density at radius 3 is 1.41 bits per heavy atom. The van der Waals surface area contributed by atoms with Crippen LogP contribution in [0.5, 0.6) is 0 Å². The Bertz CT molecular complexity index is 2930.